The maximum atomic E-state index is 11.0. The van der Waals surface area contributed by atoms with Crippen LogP contribution < -0.4 is 5.32 Å². The maximum absolute atomic E-state index is 11.0. The molecule has 0 spiro atoms. The molecule has 2 unspecified atom stereocenters. The molecule has 2 aliphatic rings. The van der Waals surface area contributed by atoms with Crippen molar-refractivity contribution < 1.29 is 14.3 Å². The van der Waals surface area contributed by atoms with Crippen LogP contribution in [0.25, 0.3) is 0 Å². The molecule has 1 saturated heterocycles. The first-order chi connectivity index (χ1) is 7.61. The third-order valence-electron chi connectivity index (χ3n) is 3.25. The highest BCUT2D eigenvalue weighted by atomic mass is 16.5. The van der Waals surface area contributed by atoms with Crippen molar-refractivity contribution >= 4 is 11.7 Å². The highest BCUT2D eigenvalue weighted by Gasteiger charge is 2.23. The second-order valence-electron chi connectivity index (χ2n) is 4.53. The summed E-state index contributed by atoms with van der Waals surface area (Å²) in [6.07, 6.45) is 3.18. The second-order valence-corrected chi connectivity index (χ2v) is 4.53. The Bertz CT molecular complexity index is 245. The number of hydrogen-bond donors (Lipinski definition) is 1. The number of rotatable bonds is 0. The molecule has 2 fully saturated rings. The molecule has 0 aromatic heterocycles. The van der Waals surface area contributed by atoms with E-state index in [4.69, 9.17) is 4.74 Å². The lowest BCUT2D eigenvalue weighted by molar-refractivity contribution is -0.129. The van der Waals surface area contributed by atoms with Crippen molar-refractivity contribution in [1.82, 2.24) is 5.32 Å². The number of amides is 1. The second kappa shape index (κ2) is 6.63. The van der Waals surface area contributed by atoms with E-state index in [9.17, 15) is 9.59 Å². The summed E-state index contributed by atoms with van der Waals surface area (Å²) >= 11 is 0. The Morgan fingerprint density at radius 1 is 1.31 bits per heavy atom. The minimum atomic E-state index is -0.00810. The summed E-state index contributed by atoms with van der Waals surface area (Å²) in [6, 6.07) is 0. The molecule has 1 N–H and O–H groups in total. The Labute approximate surface area is 96.7 Å². The highest BCUT2D eigenvalue weighted by Crippen LogP contribution is 2.25. The molecule has 1 aliphatic heterocycles. The molecule has 0 aromatic carbocycles. The molecule has 4 heteroatoms. The fourth-order valence-corrected chi connectivity index (χ4v) is 1.87. The van der Waals surface area contributed by atoms with Crippen molar-refractivity contribution in [3.05, 3.63) is 0 Å². The number of nitrogens with one attached hydrogen (secondary N) is 1. The van der Waals surface area contributed by atoms with Crippen molar-refractivity contribution in [3.63, 3.8) is 0 Å². The zero-order valence-corrected chi connectivity index (χ0v) is 10.1. The van der Waals surface area contributed by atoms with E-state index in [2.05, 4.69) is 12.2 Å². The van der Waals surface area contributed by atoms with Crippen molar-refractivity contribution in [2.24, 2.45) is 11.8 Å². The smallest absolute Gasteiger partial charge is 0.246 e. The molecule has 16 heavy (non-hydrogen) atoms. The summed E-state index contributed by atoms with van der Waals surface area (Å²) < 4.78 is 4.77. The van der Waals surface area contributed by atoms with Gasteiger partial charge in [0.2, 0.25) is 5.91 Å². The molecule has 1 saturated carbocycles. The van der Waals surface area contributed by atoms with Gasteiger partial charge in [-0.1, -0.05) is 13.8 Å². The summed E-state index contributed by atoms with van der Waals surface area (Å²) in [5, 5.41) is 2.62. The number of carbonyl (C=O) groups is 2. The van der Waals surface area contributed by atoms with Crippen LogP contribution in [0.3, 0.4) is 0 Å². The average molecular weight is 227 g/mol. The number of ether oxygens (including phenoxy) is 1. The van der Waals surface area contributed by atoms with E-state index in [1.165, 1.54) is 6.42 Å². The van der Waals surface area contributed by atoms with Gasteiger partial charge in [0.05, 0.1) is 6.61 Å². The van der Waals surface area contributed by atoms with Gasteiger partial charge in [0.1, 0.15) is 12.4 Å². The van der Waals surface area contributed by atoms with Gasteiger partial charge in [-0.05, 0) is 18.8 Å². The van der Waals surface area contributed by atoms with Crippen molar-refractivity contribution in [1.29, 1.82) is 0 Å². The predicted octanol–water partition coefficient (Wildman–Crippen LogP) is 1.14. The molecule has 0 bridgehead atoms. The fraction of sp³-hybridized carbons (Fsp3) is 0.833. The summed E-state index contributed by atoms with van der Waals surface area (Å²) in [5.41, 5.74) is 0. The molecule has 1 amide bonds. The van der Waals surface area contributed by atoms with E-state index in [0.29, 0.717) is 30.8 Å². The molecular formula is C12H21NO3. The molecular weight excluding hydrogens is 206 g/mol. The van der Waals surface area contributed by atoms with Gasteiger partial charge in [-0.25, -0.2) is 0 Å². The Hall–Kier alpha value is -0.900. The van der Waals surface area contributed by atoms with E-state index >= 15 is 0 Å². The molecule has 2 atom stereocenters. The van der Waals surface area contributed by atoms with Crippen molar-refractivity contribution in [2.75, 3.05) is 19.8 Å². The normalized spacial score (nSPS) is 30.1. The fourth-order valence-electron chi connectivity index (χ4n) is 1.87. The Morgan fingerprint density at radius 2 is 2.06 bits per heavy atom. The topological polar surface area (TPSA) is 55.4 Å². The minimum Gasteiger partial charge on any atom is -0.370 e. The number of carbonyl (C=O) groups excluding carboxylic acids is 2. The minimum absolute atomic E-state index is 0.00810. The first-order valence-electron chi connectivity index (χ1n) is 5.98. The van der Waals surface area contributed by atoms with Gasteiger partial charge in [-0.3, -0.25) is 9.59 Å². The summed E-state index contributed by atoms with van der Waals surface area (Å²) in [5.74, 6) is 1.42. The van der Waals surface area contributed by atoms with Crippen molar-refractivity contribution in [2.45, 2.75) is 33.1 Å². The van der Waals surface area contributed by atoms with Crippen LogP contribution in [0.5, 0.6) is 0 Å². The highest BCUT2D eigenvalue weighted by molar-refractivity contribution is 5.81. The Kier molecular flexibility index (Phi) is 5.46. The lowest BCUT2D eigenvalue weighted by Gasteiger charge is -2.23. The lowest BCUT2D eigenvalue weighted by atomic mass is 9.81. The lowest BCUT2D eigenvalue weighted by Crippen LogP contribution is -2.36. The SMILES string of the molecule is CC1CCCC(=O)C1C.O=C1COCCN1. The first-order valence-corrected chi connectivity index (χ1v) is 5.98. The van der Waals surface area contributed by atoms with Gasteiger partial charge in [0.25, 0.3) is 0 Å². The standard InChI is InChI=1S/C8H14O.C4H7NO2/c1-6-4-3-5-8(9)7(6)2;6-4-3-7-2-1-5-4/h6-7H,3-5H2,1-2H3;1-3H2,(H,5,6). The van der Waals surface area contributed by atoms with Crippen LogP contribution in [0.15, 0.2) is 0 Å². The average Bonchev–Trinajstić information content (AvgIpc) is 2.28. The van der Waals surface area contributed by atoms with Gasteiger partial charge in [0, 0.05) is 18.9 Å². The van der Waals surface area contributed by atoms with E-state index in [-0.39, 0.29) is 12.5 Å². The van der Waals surface area contributed by atoms with Gasteiger partial charge < -0.3 is 10.1 Å². The number of hydrogen-bond acceptors (Lipinski definition) is 3. The van der Waals surface area contributed by atoms with Gasteiger partial charge in [-0.15, -0.1) is 0 Å². The van der Waals surface area contributed by atoms with Crippen LogP contribution in [0.1, 0.15) is 33.1 Å². The number of ketones is 1. The third kappa shape index (κ3) is 4.31. The van der Waals surface area contributed by atoms with Crippen LogP contribution in [-0.2, 0) is 14.3 Å². The molecule has 0 aromatic rings. The molecule has 2 rings (SSSR count). The number of morpholine rings is 1. The molecule has 4 nitrogen and oxygen atoms in total. The molecule has 1 heterocycles. The van der Waals surface area contributed by atoms with Crippen LogP contribution in [0, 0.1) is 11.8 Å². The third-order valence-corrected chi connectivity index (χ3v) is 3.25. The Balaban J connectivity index is 0.000000165. The monoisotopic (exact) mass is 227 g/mol. The zero-order valence-electron chi connectivity index (χ0n) is 10.1. The zero-order chi connectivity index (χ0) is 12.0. The summed E-state index contributed by atoms with van der Waals surface area (Å²) in [7, 11) is 0. The predicted molar refractivity (Wildman–Crippen MR) is 61.0 cm³/mol. The number of Topliss-reactive ketones (excluding diaryl/α,β-unsaturated/α-hetero) is 1. The molecule has 92 valence electrons. The largest absolute Gasteiger partial charge is 0.370 e. The summed E-state index contributed by atoms with van der Waals surface area (Å²) in [4.78, 5) is 21.2. The Morgan fingerprint density at radius 3 is 2.44 bits per heavy atom. The maximum Gasteiger partial charge on any atom is 0.246 e. The summed E-state index contributed by atoms with van der Waals surface area (Å²) in [6.45, 7) is 5.78. The van der Waals surface area contributed by atoms with Crippen LogP contribution in [-0.4, -0.2) is 31.4 Å². The molecule has 1 aliphatic carbocycles. The van der Waals surface area contributed by atoms with Gasteiger partial charge >= 0.3 is 0 Å². The first kappa shape index (κ1) is 13.2. The quantitative estimate of drug-likeness (QED) is 0.675. The van der Waals surface area contributed by atoms with Gasteiger partial charge in [0.15, 0.2) is 0 Å². The van der Waals surface area contributed by atoms with Crippen molar-refractivity contribution in [3.8, 4) is 0 Å². The van der Waals surface area contributed by atoms with Crippen LogP contribution in [0.2, 0.25) is 0 Å². The van der Waals surface area contributed by atoms with E-state index in [0.717, 1.165) is 12.8 Å². The molecule has 0 radical (unpaired) electrons. The van der Waals surface area contributed by atoms with E-state index < -0.39 is 0 Å². The van der Waals surface area contributed by atoms with Crippen LogP contribution >= 0.6 is 0 Å². The van der Waals surface area contributed by atoms with E-state index in [1.807, 2.05) is 6.92 Å². The van der Waals surface area contributed by atoms with Crippen LogP contribution in [0.4, 0.5) is 0 Å². The van der Waals surface area contributed by atoms with Gasteiger partial charge in [-0.2, -0.15) is 0 Å². The van der Waals surface area contributed by atoms with E-state index in [1.54, 1.807) is 0 Å².